The maximum Gasteiger partial charge on any atom is 0.247 e. The summed E-state index contributed by atoms with van der Waals surface area (Å²) in [4.78, 5) is 17.4. The Hall–Kier alpha value is -1.39. The molecule has 0 spiro atoms. The summed E-state index contributed by atoms with van der Waals surface area (Å²) in [7, 11) is 0. The van der Waals surface area contributed by atoms with Gasteiger partial charge in [0.15, 0.2) is 0 Å². The lowest BCUT2D eigenvalue weighted by atomic mass is 9.90. The minimum atomic E-state index is -0.932. The number of amides is 1. The van der Waals surface area contributed by atoms with Crippen LogP contribution in [0.25, 0.3) is 0 Å². The molecule has 1 amide bonds. The first kappa shape index (κ1) is 14.5. The van der Waals surface area contributed by atoms with Crippen molar-refractivity contribution in [1.82, 2.24) is 9.80 Å². The van der Waals surface area contributed by atoms with Crippen molar-refractivity contribution in [2.75, 3.05) is 26.2 Å². The summed E-state index contributed by atoms with van der Waals surface area (Å²) in [6, 6.07) is 10.2. The maximum absolute atomic E-state index is 12.9. The molecule has 4 nitrogen and oxygen atoms in total. The highest BCUT2D eigenvalue weighted by Gasteiger charge is 2.38. The summed E-state index contributed by atoms with van der Waals surface area (Å²) in [5.41, 5.74) is 6.33. The minimum Gasteiger partial charge on any atom is -0.338 e. The normalized spacial score (nSPS) is 26.0. The smallest absolute Gasteiger partial charge is 0.247 e. The van der Waals surface area contributed by atoms with E-state index in [-0.39, 0.29) is 5.91 Å². The molecule has 114 valence electrons. The van der Waals surface area contributed by atoms with Gasteiger partial charge >= 0.3 is 0 Å². The number of nitrogens with two attached hydrogens (primary N) is 1. The average Bonchev–Trinajstić information content (AvgIpc) is 2.54. The van der Waals surface area contributed by atoms with E-state index in [2.05, 4.69) is 4.90 Å². The molecule has 2 atom stereocenters. The van der Waals surface area contributed by atoms with Crippen molar-refractivity contribution in [2.45, 2.75) is 37.8 Å². The molecule has 21 heavy (non-hydrogen) atoms. The molecule has 0 radical (unpaired) electrons. The van der Waals surface area contributed by atoms with E-state index in [1.54, 1.807) is 0 Å². The van der Waals surface area contributed by atoms with Crippen LogP contribution in [0.5, 0.6) is 0 Å². The van der Waals surface area contributed by atoms with Gasteiger partial charge in [0.05, 0.1) is 0 Å². The van der Waals surface area contributed by atoms with E-state index in [1.165, 1.54) is 25.8 Å². The fourth-order valence-corrected chi connectivity index (χ4v) is 3.58. The molecule has 0 aromatic heterocycles. The number of nitrogens with zero attached hydrogens (tertiary/aromatic N) is 2. The molecule has 0 aliphatic carbocycles. The maximum atomic E-state index is 12.9. The predicted molar refractivity (Wildman–Crippen MR) is 83.8 cm³/mol. The van der Waals surface area contributed by atoms with E-state index in [9.17, 15) is 4.79 Å². The Balaban J connectivity index is 1.73. The van der Waals surface area contributed by atoms with Gasteiger partial charge < -0.3 is 10.6 Å². The number of piperidine rings is 1. The highest BCUT2D eigenvalue weighted by atomic mass is 16.2. The molecule has 2 heterocycles. The molecule has 2 fully saturated rings. The lowest BCUT2D eigenvalue weighted by molar-refractivity contribution is -0.140. The second kappa shape index (κ2) is 5.78. The lowest BCUT2D eigenvalue weighted by Gasteiger charge is -2.45. The predicted octanol–water partition coefficient (Wildman–Crippen LogP) is 1.56. The van der Waals surface area contributed by atoms with Gasteiger partial charge in [-0.3, -0.25) is 9.69 Å². The van der Waals surface area contributed by atoms with Crippen LogP contribution in [-0.4, -0.2) is 47.9 Å². The van der Waals surface area contributed by atoms with Crippen LogP contribution in [0.1, 0.15) is 31.7 Å². The number of benzene rings is 1. The van der Waals surface area contributed by atoms with Gasteiger partial charge in [0.25, 0.3) is 0 Å². The van der Waals surface area contributed by atoms with Gasteiger partial charge in [-0.1, -0.05) is 36.8 Å². The van der Waals surface area contributed by atoms with Gasteiger partial charge in [0, 0.05) is 25.7 Å². The molecule has 0 bridgehead atoms. The fourth-order valence-electron chi connectivity index (χ4n) is 3.58. The molecule has 4 heteroatoms. The zero-order valence-corrected chi connectivity index (χ0v) is 12.8. The Kier molecular flexibility index (Phi) is 4.00. The van der Waals surface area contributed by atoms with Crippen LogP contribution >= 0.6 is 0 Å². The molecular weight excluding hydrogens is 262 g/mol. The minimum absolute atomic E-state index is 0.0546. The van der Waals surface area contributed by atoms with Gasteiger partial charge in [-0.25, -0.2) is 0 Å². The van der Waals surface area contributed by atoms with Gasteiger partial charge in [-0.2, -0.15) is 0 Å². The molecule has 2 saturated heterocycles. The lowest BCUT2D eigenvalue weighted by Crippen LogP contribution is -2.60. The van der Waals surface area contributed by atoms with Crippen molar-refractivity contribution >= 4 is 5.91 Å². The monoisotopic (exact) mass is 287 g/mol. The van der Waals surface area contributed by atoms with Crippen molar-refractivity contribution < 1.29 is 4.79 Å². The highest BCUT2D eigenvalue weighted by Crippen LogP contribution is 2.25. The molecule has 2 aliphatic heterocycles. The summed E-state index contributed by atoms with van der Waals surface area (Å²) in [5.74, 6) is 0.0546. The van der Waals surface area contributed by atoms with E-state index >= 15 is 0 Å². The molecule has 0 saturated carbocycles. The van der Waals surface area contributed by atoms with E-state index in [4.69, 9.17) is 5.73 Å². The van der Waals surface area contributed by atoms with Crippen molar-refractivity contribution in [3.8, 4) is 0 Å². The summed E-state index contributed by atoms with van der Waals surface area (Å²) in [5, 5.41) is 0. The Labute approximate surface area is 126 Å². The topological polar surface area (TPSA) is 49.6 Å². The van der Waals surface area contributed by atoms with Gasteiger partial charge in [0.2, 0.25) is 5.91 Å². The highest BCUT2D eigenvalue weighted by molar-refractivity contribution is 5.87. The first-order chi connectivity index (χ1) is 10.1. The summed E-state index contributed by atoms with van der Waals surface area (Å²) >= 11 is 0. The van der Waals surface area contributed by atoms with Crippen LogP contribution in [0.3, 0.4) is 0 Å². The molecule has 3 rings (SSSR count). The van der Waals surface area contributed by atoms with Crippen LogP contribution < -0.4 is 5.73 Å². The van der Waals surface area contributed by atoms with E-state index in [1.807, 2.05) is 42.2 Å². The number of piperazine rings is 1. The third-order valence-electron chi connectivity index (χ3n) is 4.94. The molecule has 2 aliphatic rings. The third kappa shape index (κ3) is 2.83. The van der Waals surface area contributed by atoms with Crippen molar-refractivity contribution in [2.24, 2.45) is 5.73 Å². The number of rotatable bonds is 2. The van der Waals surface area contributed by atoms with Crippen molar-refractivity contribution in [3.63, 3.8) is 0 Å². The largest absolute Gasteiger partial charge is 0.338 e. The molecule has 2 N–H and O–H groups in total. The third-order valence-corrected chi connectivity index (χ3v) is 4.94. The Morgan fingerprint density at radius 1 is 1.19 bits per heavy atom. The SMILES string of the molecule is CC(N)(C(=O)N1CCN2CCCCC2C1)c1ccccc1. The van der Waals surface area contributed by atoms with E-state index < -0.39 is 5.54 Å². The number of carbonyl (C=O) groups excluding carboxylic acids is 1. The van der Waals surface area contributed by atoms with Crippen LogP contribution in [0.4, 0.5) is 0 Å². The van der Waals surface area contributed by atoms with Crippen molar-refractivity contribution in [1.29, 1.82) is 0 Å². The average molecular weight is 287 g/mol. The summed E-state index contributed by atoms with van der Waals surface area (Å²) < 4.78 is 0. The second-order valence-corrected chi connectivity index (χ2v) is 6.51. The van der Waals surface area contributed by atoms with Crippen LogP contribution in [0, 0.1) is 0 Å². The summed E-state index contributed by atoms with van der Waals surface area (Å²) in [6.45, 7) is 5.64. The van der Waals surface area contributed by atoms with Crippen molar-refractivity contribution in [3.05, 3.63) is 35.9 Å². The number of fused-ring (bicyclic) bond motifs is 1. The Bertz CT molecular complexity index is 500. The van der Waals surface area contributed by atoms with Gasteiger partial charge in [-0.15, -0.1) is 0 Å². The fraction of sp³-hybridized carbons (Fsp3) is 0.588. The number of hydrogen-bond donors (Lipinski definition) is 1. The first-order valence-electron chi connectivity index (χ1n) is 7.97. The zero-order chi connectivity index (χ0) is 14.9. The van der Waals surface area contributed by atoms with Gasteiger partial charge in [0.1, 0.15) is 5.54 Å². The summed E-state index contributed by atoms with van der Waals surface area (Å²) in [6.07, 6.45) is 3.78. The van der Waals surface area contributed by atoms with E-state index in [0.717, 1.165) is 25.2 Å². The Morgan fingerprint density at radius 2 is 1.95 bits per heavy atom. The molecule has 1 aromatic rings. The number of carbonyl (C=O) groups is 1. The first-order valence-corrected chi connectivity index (χ1v) is 7.97. The second-order valence-electron chi connectivity index (χ2n) is 6.51. The standard InChI is InChI=1S/C17H25N3O/c1-17(18,14-7-3-2-4-8-14)16(21)20-12-11-19-10-6-5-9-15(19)13-20/h2-4,7-8,15H,5-6,9-13,18H2,1H3. The molecular formula is C17H25N3O. The van der Waals surface area contributed by atoms with Crippen LogP contribution in [0.2, 0.25) is 0 Å². The Morgan fingerprint density at radius 3 is 2.71 bits per heavy atom. The number of hydrogen-bond acceptors (Lipinski definition) is 3. The zero-order valence-electron chi connectivity index (χ0n) is 12.8. The quantitative estimate of drug-likeness (QED) is 0.898. The van der Waals surface area contributed by atoms with Gasteiger partial charge in [-0.05, 0) is 31.9 Å². The molecule has 2 unspecified atom stereocenters. The van der Waals surface area contributed by atoms with Crippen LogP contribution in [-0.2, 0) is 10.3 Å². The van der Waals surface area contributed by atoms with E-state index in [0.29, 0.717) is 6.04 Å². The van der Waals surface area contributed by atoms with Crippen LogP contribution in [0.15, 0.2) is 30.3 Å². The molecule has 1 aromatic carbocycles.